The quantitative estimate of drug-likeness (QED) is 0.709. The number of benzene rings is 1. The van der Waals surface area contributed by atoms with Gasteiger partial charge in [0.05, 0.1) is 10.5 Å². The summed E-state index contributed by atoms with van der Waals surface area (Å²) in [6, 6.07) is 7.70. The van der Waals surface area contributed by atoms with E-state index in [4.69, 9.17) is 27.6 Å². The number of H-pyrrole nitrogens is 1. The highest BCUT2D eigenvalue weighted by molar-refractivity contribution is 6.35. The zero-order valence-corrected chi connectivity index (χ0v) is 11.8. The van der Waals surface area contributed by atoms with Crippen LogP contribution in [0.1, 0.15) is 10.5 Å². The lowest BCUT2D eigenvalue weighted by atomic mass is 10.2. The number of rotatable bonds is 2. The minimum Gasteiger partial charge on any atom is -0.408 e. The van der Waals surface area contributed by atoms with Gasteiger partial charge in [0.1, 0.15) is 10.8 Å². The van der Waals surface area contributed by atoms with Gasteiger partial charge in [0.2, 0.25) is 0 Å². The van der Waals surface area contributed by atoms with Crippen molar-refractivity contribution in [1.29, 1.82) is 0 Å². The molecule has 0 unspecified atom stereocenters. The van der Waals surface area contributed by atoms with Crippen LogP contribution < -0.4 is 11.1 Å². The molecule has 3 aromatic rings. The van der Waals surface area contributed by atoms with Crippen LogP contribution in [0.5, 0.6) is 0 Å². The van der Waals surface area contributed by atoms with E-state index in [0.717, 1.165) is 0 Å². The molecule has 1 amide bonds. The summed E-state index contributed by atoms with van der Waals surface area (Å²) in [5.41, 5.74) is 1.35. The van der Waals surface area contributed by atoms with Crippen molar-refractivity contribution in [2.24, 2.45) is 0 Å². The topological polar surface area (TPSA) is 88.0 Å². The maximum absolute atomic E-state index is 12.1. The Morgan fingerprint density at radius 1 is 1.24 bits per heavy atom. The third kappa shape index (κ3) is 2.76. The Morgan fingerprint density at radius 3 is 2.86 bits per heavy atom. The van der Waals surface area contributed by atoms with Crippen molar-refractivity contribution in [3.8, 4) is 0 Å². The van der Waals surface area contributed by atoms with Gasteiger partial charge in [-0.2, -0.15) is 0 Å². The van der Waals surface area contributed by atoms with E-state index < -0.39 is 11.7 Å². The third-order valence-corrected chi connectivity index (χ3v) is 3.22. The normalized spacial score (nSPS) is 10.8. The predicted octanol–water partition coefficient (Wildman–Crippen LogP) is 3.08. The molecule has 0 saturated carbocycles. The lowest BCUT2D eigenvalue weighted by molar-refractivity contribution is 0.102. The maximum atomic E-state index is 12.1. The average Bonchev–Trinajstić information content (AvgIpc) is 2.80. The number of aromatic nitrogens is 2. The molecule has 106 valence electrons. The molecular formula is C13H7Cl2N3O3. The van der Waals surface area contributed by atoms with Crippen LogP contribution in [0.15, 0.2) is 39.5 Å². The smallest absolute Gasteiger partial charge is 0.408 e. The summed E-state index contributed by atoms with van der Waals surface area (Å²) in [5.74, 6) is -1.07. The molecule has 0 aliphatic rings. The summed E-state index contributed by atoms with van der Waals surface area (Å²) < 4.78 is 4.87. The van der Waals surface area contributed by atoms with Gasteiger partial charge in [0.25, 0.3) is 5.91 Å². The number of fused-ring (bicyclic) bond motifs is 1. The van der Waals surface area contributed by atoms with Crippen LogP contribution in [-0.2, 0) is 0 Å². The first-order chi connectivity index (χ1) is 10.0. The van der Waals surface area contributed by atoms with Gasteiger partial charge in [-0.1, -0.05) is 23.2 Å². The Hall–Kier alpha value is -2.31. The van der Waals surface area contributed by atoms with Crippen LogP contribution in [0.2, 0.25) is 10.2 Å². The molecule has 3 rings (SSSR count). The Bertz CT molecular complexity index is 901. The molecule has 0 aliphatic carbocycles. The summed E-state index contributed by atoms with van der Waals surface area (Å²) in [7, 11) is 0. The van der Waals surface area contributed by atoms with E-state index in [-0.39, 0.29) is 15.9 Å². The number of aromatic amines is 1. The summed E-state index contributed by atoms with van der Waals surface area (Å²) in [5, 5.41) is 2.97. The molecule has 0 saturated heterocycles. The van der Waals surface area contributed by atoms with Gasteiger partial charge >= 0.3 is 5.76 Å². The zero-order chi connectivity index (χ0) is 15.0. The van der Waals surface area contributed by atoms with Gasteiger partial charge in [-0.25, -0.2) is 9.78 Å². The number of nitrogens with zero attached hydrogens (tertiary/aromatic N) is 1. The summed E-state index contributed by atoms with van der Waals surface area (Å²) >= 11 is 11.7. The SMILES string of the molecule is O=C(Nc1ccc2oc(=O)[nH]c2c1)c1nc(Cl)ccc1Cl. The number of pyridine rings is 1. The summed E-state index contributed by atoms with van der Waals surface area (Å²) in [6.07, 6.45) is 0. The molecule has 8 heteroatoms. The van der Waals surface area contributed by atoms with Gasteiger partial charge in [0.15, 0.2) is 5.58 Å². The van der Waals surface area contributed by atoms with E-state index in [9.17, 15) is 9.59 Å². The number of oxazole rings is 1. The van der Waals surface area contributed by atoms with Gasteiger partial charge in [-0.05, 0) is 30.3 Å². The Kier molecular flexibility index (Phi) is 3.40. The van der Waals surface area contributed by atoms with Crippen LogP contribution in [0.4, 0.5) is 5.69 Å². The fourth-order valence-electron chi connectivity index (χ4n) is 1.80. The molecule has 0 spiro atoms. The summed E-state index contributed by atoms with van der Waals surface area (Å²) in [4.78, 5) is 29.6. The van der Waals surface area contributed by atoms with Crippen LogP contribution in [0.3, 0.4) is 0 Å². The molecule has 0 aliphatic heterocycles. The van der Waals surface area contributed by atoms with E-state index in [2.05, 4.69) is 15.3 Å². The van der Waals surface area contributed by atoms with Crippen molar-refractivity contribution in [2.45, 2.75) is 0 Å². The van der Waals surface area contributed by atoms with Crippen LogP contribution in [0.25, 0.3) is 11.1 Å². The highest BCUT2D eigenvalue weighted by Crippen LogP contribution is 2.20. The van der Waals surface area contributed by atoms with Crippen molar-refractivity contribution in [3.05, 3.63) is 56.8 Å². The third-order valence-electron chi connectivity index (χ3n) is 2.70. The first-order valence-corrected chi connectivity index (χ1v) is 6.55. The monoisotopic (exact) mass is 323 g/mol. The number of hydrogen-bond donors (Lipinski definition) is 2. The standard InChI is InChI=1S/C13H7Cl2N3O3/c14-7-2-4-10(15)18-11(7)12(19)16-6-1-3-9-8(5-6)17-13(20)21-9/h1-5H,(H,16,19)(H,17,20). The first kappa shape index (κ1) is 13.7. The lowest BCUT2D eigenvalue weighted by Gasteiger charge is -2.06. The molecule has 0 radical (unpaired) electrons. The molecule has 1 aromatic carbocycles. The fourth-order valence-corrected chi connectivity index (χ4v) is 2.14. The molecule has 2 aromatic heterocycles. The second-order valence-electron chi connectivity index (χ2n) is 4.14. The zero-order valence-electron chi connectivity index (χ0n) is 10.3. The molecule has 0 atom stereocenters. The Morgan fingerprint density at radius 2 is 2.05 bits per heavy atom. The van der Waals surface area contributed by atoms with Gasteiger partial charge in [-0.3, -0.25) is 9.78 Å². The fraction of sp³-hybridized carbons (Fsp3) is 0. The van der Waals surface area contributed by atoms with Crippen molar-refractivity contribution >= 4 is 45.9 Å². The molecule has 2 heterocycles. The number of anilines is 1. The van der Waals surface area contributed by atoms with E-state index in [0.29, 0.717) is 16.8 Å². The maximum Gasteiger partial charge on any atom is 0.417 e. The van der Waals surface area contributed by atoms with E-state index in [1.54, 1.807) is 18.2 Å². The minimum atomic E-state index is -0.562. The molecule has 0 fully saturated rings. The molecule has 6 nitrogen and oxygen atoms in total. The molecule has 2 N–H and O–H groups in total. The van der Waals surface area contributed by atoms with Crippen molar-refractivity contribution < 1.29 is 9.21 Å². The van der Waals surface area contributed by atoms with E-state index in [1.165, 1.54) is 12.1 Å². The number of halogens is 2. The molecule has 0 bridgehead atoms. The van der Waals surface area contributed by atoms with Crippen molar-refractivity contribution in [2.75, 3.05) is 5.32 Å². The Balaban J connectivity index is 1.92. The van der Waals surface area contributed by atoms with Crippen molar-refractivity contribution in [3.63, 3.8) is 0 Å². The first-order valence-electron chi connectivity index (χ1n) is 5.79. The van der Waals surface area contributed by atoms with Crippen molar-refractivity contribution in [1.82, 2.24) is 9.97 Å². The van der Waals surface area contributed by atoms with Gasteiger partial charge < -0.3 is 9.73 Å². The highest BCUT2D eigenvalue weighted by Gasteiger charge is 2.13. The molecular weight excluding hydrogens is 317 g/mol. The summed E-state index contributed by atoms with van der Waals surface area (Å²) in [6.45, 7) is 0. The number of carbonyl (C=O) groups excluding carboxylic acids is 1. The Labute approximate surface area is 127 Å². The van der Waals surface area contributed by atoms with E-state index >= 15 is 0 Å². The molecule has 21 heavy (non-hydrogen) atoms. The number of amides is 1. The average molecular weight is 324 g/mol. The second-order valence-corrected chi connectivity index (χ2v) is 4.94. The number of carbonyl (C=O) groups is 1. The number of hydrogen-bond acceptors (Lipinski definition) is 4. The van der Waals surface area contributed by atoms with E-state index in [1.807, 2.05) is 0 Å². The highest BCUT2D eigenvalue weighted by atomic mass is 35.5. The lowest BCUT2D eigenvalue weighted by Crippen LogP contribution is -2.14. The van der Waals surface area contributed by atoms with Crippen LogP contribution >= 0.6 is 23.2 Å². The van der Waals surface area contributed by atoms with Crippen LogP contribution in [0, 0.1) is 0 Å². The van der Waals surface area contributed by atoms with Gasteiger partial charge in [-0.15, -0.1) is 0 Å². The van der Waals surface area contributed by atoms with Gasteiger partial charge in [0, 0.05) is 5.69 Å². The second kappa shape index (κ2) is 5.23. The van der Waals surface area contributed by atoms with Crippen LogP contribution in [-0.4, -0.2) is 15.9 Å². The largest absolute Gasteiger partial charge is 0.417 e. The number of nitrogens with one attached hydrogen (secondary N) is 2. The minimum absolute atomic E-state index is 0.0185. The predicted molar refractivity (Wildman–Crippen MR) is 79.0 cm³/mol.